The topological polar surface area (TPSA) is 65.0 Å². The standard InChI is InChI=1S/C11H8Cl2N2O2S/c1-5-9(10(16)17)18-11(14-5)15-6-2-3-7(12)8(13)4-6/h2-4H,1H3,(H,14,15)(H,16,17)/p-1. The van der Waals surface area contributed by atoms with Crippen molar-refractivity contribution < 1.29 is 9.90 Å². The average Bonchev–Trinajstić information content (AvgIpc) is 2.65. The molecule has 0 aliphatic carbocycles. The number of carboxylic acids is 1. The number of carbonyl (C=O) groups is 1. The highest BCUT2D eigenvalue weighted by Gasteiger charge is 2.09. The number of nitrogens with zero attached hydrogens (tertiary/aromatic N) is 1. The van der Waals surface area contributed by atoms with Gasteiger partial charge in [0.05, 0.1) is 26.6 Å². The Labute approximate surface area is 117 Å². The molecule has 4 nitrogen and oxygen atoms in total. The molecular weight excluding hydrogens is 295 g/mol. The van der Waals surface area contributed by atoms with Gasteiger partial charge in [-0.15, -0.1) is 0 Å². The van der Waals surface area contributed by atoms with E-state index in [0.717, 1.165) is 11.3 Å². The van der Waals surface area contributed by atoms with Crippen LogP contribution in [-0.4, -0.2) is 11.0 Å². The van der Waals surface area contributed by atoms with Gasteiger partial charge in [-0.1, -0.05) is 34.5 Å². The number of thiazole rings is 1. The van der Waals surface area contributed by atoms with Crippen molar-refractivity contribution in [3.05, 3.63) is 38.8 Å². The molecule has 0 amide bonds. The first kappa shape index (κ1) is 13.1. The zero-order valence-corrected chi connectivity index (χ0v) is 11.5. The van der Waals surface area contributed by atoms with Crippen molar-refractivity contribution in [2.24, 2.45) is 0 Å². The van der Waals surface area contributed by atoms with Gasteiger partial charge in [-0.3, -0.25) is 0 Å². The van der Waals surface area contributed by atoms with Gasteiger partial charge >= 0.3 is 0 Å². The number of rotatable bonds is 3. The second-order valence-corrected chi connectivity index (χ2v) is 5.29. The molecule has 0 radical (unpaired) electrons. The molecule has 0 bridgehead atoms. The number of halogens is 2. The van der Waals surface area contributed by atoms with E-state index in [-0.39, 0.29) is 4.88 Å². The summed E-state index contributed by atoms with van der Waals surface area (Å²) in [4.78, 5) is 15.0. The van der Waals surface area contributed by atoms with E-state index < -0.39 is 5.97 Å². The lowest BCUT2D eigenvalue weighted by Crippen LogP contribution is -2.21. The SMILES string of the molecule is Cc1nc(Nc2ccc(Cl)c(Cl)c2)sc1C(=O)[O-]. The summed E-state index contributed by atoms with van der Waals surface area (Å²) < 4.78 is 0. The van der Waals surface area contributed by atoms with E-state index in [2.05, 4.69) is 10.3 Å². The summed E-state index contributed by atoms with van der Waals surface area (Å²) in [6, 6.07) is 5.01. The summed E-state index contributed by atoms with van der Waals surface area (Å²) in [6.07, 6.45) is 0. The Kier molecular flexibility index (Phi) is 3.75. The van der Waals surface area contributed by atoms with Gasteiger partial charge in [0.15, 0.2) is 5.13 Å². The Bertz CT molecular complexity index is 613. The van der Waals surface area contributed by atoms with E-state index in [1.54, 1.807) is 25.1 Å². The summed E-state index contributed by atoms with van der Waals surface area (Å²) in [5, 5.41) is 15.1. The summed E-state index contributed by atoms with van der Waals surface area (Å²) in [7, 11) is 0. The number of carbonyl (C=O) groups excluding carboxylic acids is 1. The Morgan fingerprint density at radius 1 is 1.39 bits per heavy atom. The highest BCUT2D eigenvalue weighted by molar-refractivity contribution is 7.17. The molecule has 18 heavy (non-hydrogen) atoms. The van der Waals surface area contributed by atoms with Crippen molar-refractivity contribution in [3.63, 3.8) is 0 Å². The molecule has 0 saturated heterocycles. The van der Waals surface area contributed by atoms with Gasteiger partial charge in [-0.2, -0.15) is 0 Å². The molecule has 2 aromatic rings. The summed E-state index contributed by atoms with van der Waals surface area (Å²) in [5.41, 5.74) is 1.10. The fraction of sp³-hybridized carbons (Fsp3) is 0.0909. The highest BCUT2D eigenvalue weighted by Crippen LogP contribution is 2.29. The van der Waals surface area contributed by atoms with Gasteiger partial charge in [0.25, 0.3) is 0 Å². The Hall–Kier alpha value is -1.30. The van der Waals surface area contributed by atoms with Crippen LogP contribution in [0.15, 0.2) is 18.2 Å². The van der Waals surface area contributed by atoms with Gasteiger partial charge < -0.3 is 15.2 Å². The summed E-state index contributed by atoms with van der Waals surface area (Å²) >= 11 is 12.7. The summed E-state index contributed by atoms with van der Waals surface area (Å²) in [5.74, 6) is -1.23. The highest BCUT2D eigenvalue weighted by atomic mass is 35.5. The largest absolute Gasteiger partial charge is 0.544 e. The summed E-state index contributed by atoms with van der Waals surface area (Å²) in [6.45, 7) is 1.61. The minimum absolute atomic E-state index is 0.109. The van der Waals surface area contributed by atoms with Crippen molar-refractivity contribution in [2.75, 3.05) is 5.32 Å². The van der Waals surface area contributed by atoms with Crippen LogP contribution in [0.25, 0.3) is 0 Å². The molecule has 0 unspecified atom stereocenters. The molecule has 1 aromatic carbocycles. The Morgan fingerprint density at radius 3 is 2.67 bits per heavy atom. The molecule has 7 heteroatoms. The molecule has 0 aliphatic heterocycles. The molecule has 1 heterocycles. The van der Waals surface area contributed by atoms with Gasteiger partial charge in [-0.25, -0.2) is 4.98 Å². The maximum atomic E-state index is 10.8. The lowest BCUT2D eigenvalue weighted by atomic mass is 10.3. The van der Waals surface area contributed by atoms with Crippen LogP contribution in [0.3, 0.4) is 0 Å². The molecule has 94 valence electrons. The molecule has 0 saturated carbocycles. The zero-order chi connectivity index (χ0) is 13.3. The smallest absolute Gasteiger partial charge is 0.188 e. The number of aromatic nitrogens is 1. The van der Waals surface area contributed by atoms with E-state index in [1.807, 2.05) is 0 Å². The van der Waals surface area contributed by atoms with Crippen LogP contribution in [0.2, 0.25) is 10.0 Å². The molecule has 2 rings (SSSR count). The van der Waals surface area contributed by atoms with Crippen molar-refractivity contribution >= 4 is 51.3 Å². The third kappa shape index (κ3) is 2.75. The van der Waals surface area contributed by atoms with Crippen LogP contribution < -0.4 is 10.4 Å². The van der Waals surface area contributed by atoms with E-state index in [1.165, 1.54) is 0 Å². The van der Waals surface area contributed by atoms with Gasteiger partial charge in [0.2, 0.25) is 0 Å². The van der Waals surface area contributed by atoms with Crippen LogP contribution in [-0.2, 0) is 0 Å². The third-order valence-electron chi connectivity index (χ3n) is 2.15. The lowest BCUT2D eigenvalue weighted by Gasteiger charge is -2.03. The van der Waals surface area contributed by atoms with Crippen LogP contribution in [0.4, 0.5) is 10.8 Å². The fourth-order valence-corrected chi connectivity index (χ4v) is 2.46. The van der Waals surface area contributed by atoms with E-state index in [9.17, 15) is 9.90 Å². The molecule has 0 fully saturated rings. The molecule has 0 spiro atoms. The quantitative estimate of drug-likeness (QED) is 0.947. The van der Waals surface area contributed by atoms with Gasteiger partial charge in [0.1, 0.15) is 0 Å². The maximum Gasteiger partial charge on any atom is 0.188 e. The Balaban J connectivity index is 2.26. The predicted molar refractivity (Wildman–Crippen MR) is 70.9 cm³/mol. The maximum absolute atomic E-state index is 10.8. The molecule has 0 atom stereocenters. The number of nitrogens with one attached hydrogen (secondary N) is 1. The second kappa shape index (κ2) is 5.14. The third-order valence-corrected chi connectivity index (χ3v) is 3.94. The first-order valence-corrected chi connectivity index (χ1v) is 6.45. The van der Waals surface area contributed by atoms with Crippen molar-refractivity contribution in [3.8, 4) is 0 Å². The van der Waals surface area contributed by atoms with Crippen molar-refractivity contribution in [1.82, 2.24) is 4.98 Å². The van der Waals surface area contributed by atoms with E-state index in [0.29, 0.717) is 26.6 Å². The second-order valence-electron chi connectivity index (χ2n) is 3.47. The van der Waals surface area contributed by atoms with Crippen LogP contribution in [0, 0.1) is 6.92 Å². The lowest BCUT2D eigenvalue weighted by molar-refractivity contribution is -0.254. The number of anilines is 2. The van der Waals surface area contributed by atoms with Crippen LogP contribution in [0.1, 0.15) is 15.4 Å². The normalized spacial score (nSPS) is 10.4. The van der Waals surface area contributed by atoms with E-state index in [4.69, 9.17) is 23.2 Å². The number of hydrogen-bond donors (Lipinski definition) is 1. The first-order chi connectivity index (χ1) is 8.47. The van der Waals surface area contributed by atoms with Gasteiger partial charge in [-0.05, 0) is 25.1 Å². The van der Waals surface area contributed by atoms with E-state index >= 15 is 0 Å². The Morgan fingerprint density at radius 2 is 2.11 bits per heavy atom. The zero-order valence-electron chi connectivity index (χ0n) is 9.16. The monoisotopic (exact) mass is 301 g/mol. The van der Waals surface area contributed by atoms with Crippen molar-refractivity contribution in [1.29, 1.82) is 0 Å². The first-order valence-electron chi connectivity index (χ1n) is 4.88. The molecule has 0 aliphatic rings. The van der Waals surface area contributed by atoms with Crippen LogP contribution >= 0.6 is 34.5 Å². The van der Waals surface area contributed by atoms with Crippen molar-refractivity contribution in [2.45, 2.75) is 6.92 Å². The average molecular weight is 302 g/mol. The number of aromatic carboxylic acids is 1. The molecule has 1 N–H and O–H groups in total. The number of aryl methyl sites for hydroxylation is 1. The minimum atomic E-state index is -1.23. The number of hydrogen-bond acceptors (Lipinski definition) is 5. The number of benzene rings is 1. The number of carboxylic acid groups (broad SMARTS) is 1. The van der Waals surface area contributed by atoms with Crippen LogP contribution in [0.5, 0.6) is 0 Å². The molecular formula is C11H7Cl2N2O2S-. The fourth-order valence-electron chi connectivity index (χ4n) is 1.34. The predicted octanol–water partition coefficient (Wildman–Crippen LogP) is 2.87. The minimum Gasteiger partial charge on any atom is -0.544 e. The molecule has 1 aromatic heterocycles. The van der Waals surface area contributed by atoms with Gasteiger partial charge in [0, 0.05) is 5.69 Å².